The number of nitrogens with one attached hydrogen (secondary N) is 2. The monoisotopic (exact) mass is 342 g/mol. The van der Waals surface area contributed by atoms with Crippen molar-refractivity contribution < 1.29 is 19.1 Å². The molecule has 0 bridgehead atoms. The molecule has 0 saturated heterocycles. The van der Waals surface area contributed by atoms with Gasteiger partial charge in [0.15, 0.2) is 0 Å². The van der Waals surface area contributed by atoms with E-state index >= 15 is 0 Å². The Morgan fingerprint density at radius 3 is 2.84 bits per heavy atom. The number of benzene rings is 1. The molecule has 1 atom stereocenters. The van der Waals surface area contributed by atoms with Crippen LogP contribution >= 0.6 is 0 Å². The Morgan fingerprint density at radius 1 is 1.32 bits per heavy atom. The van der Waals surface area contributed by atoms with Gasteiger partial charge in [0.1, 0.15) is 11.4 Å². The summed E-state index contributed by atoms with van der Waals surface area (Å²) in [5, 5.41) is 3.04. The van der Waals surface area contributed by atoms with Gasteiger partial charge in [0.2, 0.25) is 0 Å². The molecule has 0 saturated carbocycles. The summed E-state index contributed by atoms with van der Waals surface area (Å²) < 4.78 is 10.7. The lowest BCUT2D eigenvalue weighted by molar-refractivity contribution is 0.0525. The zero-order chi connectivity index (χ0) is 18.0. The van der Waals surface area contributed by atoms with Crippen molar-refractivity contribution in [1.29, 1.82) is 0 Å². The Morgan fingerprint density at radius 2 is 2.08 bits per heavy atom. The number of para-hydroxylation sites is 1. The topological polar surface area (TPSA) is 80.4 Å². The van der Waals surface area contributed by atoms with Crippen LogP contribution in [0.1, 0.15) is 57.1 Å². The lowest BCUT2D eigenvalue weighted by Gasteiger charge is -2.26. The lowest BCUT2D eigenvalue weighted by atomic mass is 10.0. The van der Waals surface area contributed by atoms with Crippen molar-refractivity contribution in [3.63, 3.8) is 0 Å². The number of aromatic nitrogens is 1. The van der Waals surface area contributed by atoms with Crippen LogP contribution in [-0.4, -0.2) is 30.1 Å². The maximum atomic E-state index is 12.8. The summed E-state index contributed by atoms with van der Waals surface area (Å²) >= 11 is 0. The second-order valence-electron chi connectivity index (χ2n) is 6.05. The molecule has 1 aliphatic heterocycles. The number of rotatable bonds is 4. The molecular weight excluding hydrogens is 320 g/mol. The molecule has 25 heavy (non-hydrogen) atoms. The van der Waals surface area contributed by atoms with Crippen molar-refractivity contribution in [3.8, 4) is 5.75 Å². The Balaban J connectivity index is 1.83. The maximum Gasteiger partial charge on any atom is 0.340 e. The molecule has 0 fully saturated rings. The molecule has 2 N–H and O–H groups in total. The summed E-state index contributed by atoms with van der Waals surface area (Å²) in [6.45, 7) is 6.12. The molecule has 1 amide bonds. The molecule has 1 aromatic heterocycles. The van der Waals surface area contributed by atoms with E-state index in [0.29, 0.717) is 42.1 Å². The minimum atomic E-state index is -0.413. The summed E-state index contributed by atoms with van der Waals surface area (Å²) in [7, 11) is 0. The first kappa shape index (κ1) is 17.1. The zero-order valence-electron chi connectivity index (χ0n) is 14.6. The average Bonchev–Trinajstić information content (AvgIpc) is 2.90. The van der Waals surface area contributed by atoms with Crippen LogP contribution < -0.4 is 10.1 Å². The molecule has 0 aliphatic carbocycles. The number of aromatic amines is 1. The molecule has 132 valence electrons. The fourth-order valence-corrected chi connectivity index (χ4v) is 3.21. The quantitative estimate of drug-likeness (QED) is 0.837. The number of esters is 1. The Hall–Kier alpha value is -2.76. The van der Waals surface area contributed by atoms with Gasteiger partial charge in [-0.1, -0.05) is 18.2 Å². The van der Waals surface area contributed by atoms with Crippen LogP contribution in [0, 0.1) is 13.8 Å². The molecule has 1 aliphatic rings. The second-order valence-corrected chi connectivity index (χ2v) is 6.05. The van der Waals surface area contributed by atoms with Gasteiger partial charge in [-0.05, 0) is 32.4 Å². The van der Waals surface area contributed by atoms with Gasteiger partial charge >= 0.3 is 5.97 Å². The first-order valence-corrected chi connectivity index (χ1v) is 8.41. The first-order chi connectivity index (χ1) is 12.0. The molecule has 0 radical (unpaired) electrons. The number of hydrogen-bond acceptors (Lipinski definition) is 4. The smallest absolute Gasteiger partial charge is 0.340 e. The van der Waals surface area contributed by atoms with Gasteiger partial charge in [-0.15, -0.1) is 0 Å². The standard InChI is InChI=1S/C19H22N2O4/c1-4-24-19(23)16-11(2)17(20-12(16)3)18(22)21-14-9-10-25-15-8-6-5-7-13(14)15/h5-8,14,20H,4,9-10H2,1-3H3,(H,21,22)/t14-/m0/s1. The van der Waals surface area contributed by atoms with Crippen molar-refractivity contribution >= 4 is 11.9 Å². The highest BCUT2D eigenvalue weighted by atomic mass is 16.5. The number of amides is 1. The van der Waals surface area contributed by atoms with Gasteiger partial charge in [0, 0.05) is 17.7 Å². The van der Waals surface area contributed by atoms with Gasteiger partial charge < -0.3 is 19.8 Å². The highest BCUT2D eigenvalue weighted by molar-refractivity contribution is 6.00. The SMILES string of the molecule is CCOC(=O)c1c(C)[nH]c(C(=O)N[C@H]2CCOc3ccccc32)c1C. The van der Waals surface area contributed by atoms with Gasteiger partial charge in [0.25, 0.3) is 5.91 Å². The molecule has 0 spiro atoms. The molecule has 2 heterocycles. The highest BCUT2D eigenvalue weighted by Crippen LogP contribution is 2.32. The third-order valence-electron chi connectivity index (χ3n) is 4.41. The van der Waals surface area contributed by atoms with E-state index in [9.17, 15) is 9.59 Å². The van der Waals surface area contributed by atoms with Crippen LogP contribution in [-0.2, 0) is 4.74 Å². The molecular formula is C19H22N2O4. The Bertz CT molecular complexity index is 810. The van der Waals surface area contributed by atoms with Crippen LogP contribution in [0.25, 0.3) is 0 Å². The number of carbonyl (C=O) groups is 2. The van der Waals surface area contributed by atoms with E-state index in [-0.39, 0.29) is 11.9 Å². The van der Waals surface area contributed by atoms with Gasteiger partial charge in [-0.25, -0.2) is 4.79 Å². The highest BCUT2D eigenvalue weighted by Gasteiger charge is 2.27. The summed E-state index contributed by atoms with van der Waals surface area (Å²) in [4.78, 5) is 27.9. The van der Waals surface area contributed by atoms with E-state index in [0.717, 1.165) is 11.3 Å². The molecule has 6 nitrogen and oxygen atoms in total. The van der Waals surface area contributed by atoms with Crippen LogP contribution in [0.15, 0.2) is 24.3 Å². The molecule has 2 aromatic rings. The fourth-order valence-electron chi connectivity index (χ4n) is 3.21. The molecule has 6 heteroatoms. The Labute approximate surface area is 146 Å². The zero-order valence-corrected chi connectivity index (χ0v) is 14.6. The molecule has 3 rings (SSSR count). The minimum Gasteiger partial charge on any atom is -0.493 e. The normalized spacial score (nSPS) is 15.9. The van der Waals surface area contributed by atoms with Crippen molar-refractivity contribution in [1.82, 2.24) is 10.3 Å². The van der Waals surface area contributed by atoms with Crippen molar-refractivity contribution in [2.24, 2.45) is 0 Å². The summed E-state index contributed by atoms with van der Waals surface area (Å²) in [6.07, 6.45) is 0.701. The number of ether oxygens (including phenoxy) is 2. The van der Waals surface area contributed by atoms with Gasteiger partial charge in [0.05, 0.1) is 24.8 Å². The van der Waals surface area contributed by atoms with E-state index in [1.54, 1.807) is 20.8 Å². The van der Waals surface area contributed by atoms with Crippen molar-refractivity contribution in [2.75, 3.05) is 13.2 Å². The Kier molecular flexibility index (Phi) is 4.79. The minimum absolute atomic E-state index is 0.119. The van der Waals surface area contributed by atoms with Crippen LogP contribution in [0.5, 0.6) is 5.75 Å². The number of fused-ring (bicyclic) bond motifs is 1. The van der Waals surface area contributed by atoms with Gasteiger partial charge in [-0.2, -0.15) is 0 Å². The van der Waals surface area contributed by atoms with Crippen molar-refractivity contribution in [3.05, 3.63) is 52.3 Å². The molecule has 1 aromatic carbocycles. The predicted octanol–water partition coefficient (Wildman–Crippen LogP) is 3.06. The number of hydrogen-bond donors (Lipinski definition) is 2. The van der Waals surface area contributed by atoms with Gasteiger partial charge in [-0.3, -0.25) is 4.79 Å². The van der Waals surface area contributed by atoms with Crippen LogP contribution in [0.4, 0.5) is 0 Å². The maximum absolute atomic E-state index is 12.8. The number of H-pyrrole nitrogens is 1. The van der Waals surface area contributed by atoms with E-state index in [4.69, 9.17) is 9.47 Å². The average molecular weight is 342 g/mol. The van der Waals surface area contributed by atoms with E-state index in [1.165, 1.54) is 0 Å². The van der Waals surface area contributed by atoms with E-state index in [1.807, 2.05) is 24.3 Å². The predicted molar refractivity (Wildman–Crippen MR) is 93.0 cm³/mol. The number of aryl methyl sites for hydroxylation is 1. The summed E-state index contributed by atoms with van der Waals surface area (Å²) in [6, 6.07) is 7.57. The fraction of sp³-hybridized carbons (Fsp3) is 0.368. The van der Waals surface area contributed by atoms with Crippen molar-refractivity contribution in [2.45, 2.75) is 33.2 Å². The largest absolute Gasteiger partial charge is 0.493 e. The van der Waals surface area contributed by atoms with Crippen LogP contribution in [0.3, 0.4) is 0 Å². The summed E-state index contributed by atoms with van der Waals surface area (Å²) in [5.41, 5.74) is 3.03. The summed E-state index contributed by atoms with van der Waals surface area (Å²) in [5.74, 6) is 0.146. The van der Waals surface area contributed by atoms with E-state index in [2.05, 4.69) is 10.3 Å². The third kappa shape index (κ3) is 3.24. The van der Waals surface area contributed by atoms with Crippen LogP contribution in [0.2, 0.25) is 0 Å². The molecule has 0 unspecified atom stereocenters. The second kappa shape index (κ2) is 7.01. The first-order valence-electron chi connectivity index (χ1n) is 8.41. The number of carbonyl (C=O) groups excluding carboxylic acids is 2. The van der Waals surface area contributed by atoms with E-state index < -0.39 is 5.97 Å². The third-order valence-corrected chi connectivity index (χ3v) is 4.41. The lowest BCUT2D eigenvalue weighted by Crippen LogP contribution is -2.32.